The fraction of sp³-hybridized carbons (Fsp3) is 0.612. The van der Waals surface area contributed by atoms with Gasteiger partial charge in [-0.2, -0.15) is 0 Å². The van der Waals surface area contributed by atoms with Gasteiger partial charge in [0.2, 0.25) is 11.5 Å². The number of hydrogen-bond donors (Lipinski definition) is 2. The van der Waals surface area contributed by atoms with Crippen LogP contribution in [0.15, 0.2) is 35.1 Å². The largest absolute Gasteiger partial charge is 0.480 e. The SMILES string of the molecule is CCCCCCCCCCCCCCCCC(NC(=O)CCCC(=O)O[C@]1(CC)C(=O)OCc2c1cc1n(c2=O)Cc2cc3cc(CC(=O)OC(C)(C)C)ccc3nc2-1)C(=O)O. The van der Waals surface area contributed by atoms with Crippen LogP contribution in [-0.4, -0.2) is 56.1 Å². The maximum Gasteiger partial charge on any atom is 0.355 e. The standard InChI is InChI=1S/C49H67N3O10/c1-6-8-9-10-11-12-13-14-15-16-17-18-19-20-22-39(46(57)58)50-41(53)23-21-24-42(54)62-49(7-2)37-30-40-44-35(31-52(40)45(56)36(37)32-60-47(49)59)29-34-27-33(25-26-38(34)51-44)28-43(55)61-48(3,4)5/h25-27,29-30,39H,6-24,28,31-32H2,1-5H3,(H,50,53)(H,57,58)/t39?,49-/m0/s1. The maximum absolute atomic E-state index is 14.0. The Morgan fingerprint density at radius 3 is 2.11 bits per heavy atom. The lowest BCUT2D eigenvalue weighted by molar-refractivity contribution is -0.189. The Hall–Kier alpha value is -5.07. The van der Waals surface area contributed by atoms with Gasteiger partial charge in [-0.3, -0.25) is 19.2 Å². The van der Waals surface area contributed by atoms with Gasteiger partial charge in [0.05, 0.1) is 35.4 Å². The number of carbonyl (C=O) groups excluding carboxylic acids is 4. The third-order valence-electron chi connectivity index (χ3n) is 11.9. The van der Waals surface area contributed by atoms with Crippen LogP contribution in [0.1, 0.15) is 179 Å². The topological polar surface area (TPSA) is 180 Å². The molecule has 5 rings (SSSR count). The van der Waals surface area contributed by atoms with Crippen molar-refractivity contribution in [3.05, 3.63) is 62.9 Å². The zero-order valence-electron chi connectivity index (χ0n) is 37.5. The zero-order chi connectivity index (χ0) is 44.9. The molecule has 2 aromatic heterocycles. The zero-order valence-corrected chi connectivity index (χ0v) is 37.5. The Kier molecular flexibility index (Phi) is 17.3. The normalized spacial score (nSPS) is 15.9. The lowest BCUT2D eigenvalue weighted by Crippen LogP contribution is -2.47. The molecule has 0 radical (unpaired) electrons. The fourth-order valence-corrected chi connectivity index (χ4v) is 8.55. The summed E-state index contributed by atoms with van der Waals surface area (Å²) in [6.45, 7) is 9.31. The van der Waals surface area contributed by atoms with Crippen molar-refractivity contribution >= 4 is 40.7 Å². The van der Waals surface area contributed by atoms with E-state index in [0.29, 0.717) is 29.7 Å². The Bertz CT molecular complexity index is 2140. The number of benzene rings is 1. The maximum atomic E-state index is 14.0. The van der Waals surface area contributed by atoms with Crippen LogP contribution in [0.2, 0.25) is 0 Å². The minimum Gasteiger partial charge on any atom is -0.480 e. The van der Waals surface area contributed by atoms with Gasteiger partial charge in [0.25, 0.3) is 5.56 Å². The van der Waals surface area contributed by atoms with Crippen molar-refractivity contribution in [1.82, 2.24) is 14.9 Å². The van der Waals surface area contributed by atoms with Crippen molar-refractivity contribution in [3.63, 3.8) is 0 Å². The fourth-order valence-electron chi connectivity index (χ4n) is 8.55. The molecule has 0 saturated heterocycles. The molecule has 13 nitrogen and oxygen atoms in total. The summed E-state index contributed by atoms with van der Waals surface area (Å²) in [5.74, 6) is -3.46. The van der Waals surface area contributed by atoms with Crippen LogP contribution >= 0.6 is 0 Å². The van der Waals surface area contributed by atoms with Crippen molar-refractivity contribution in [3.8, 4) is 11.4 Å². The lowest BCUT2D eigenvalue weighted by atomic mass is 9.85. The highest BCUT2D eigenvalue weighted by Gasteiger charge is 2.50. The van der Waals surface area contributed by atoms with Crippen molar-refractivity contribution in [2.45, 2.75) is 193 Å². The highest BCUT2D eigenvalue weighted by molar-refractivity contribution is 5.89. The molecule has 338 valence electrons. The quantitative estimate of drug-likeness (QED) is 0.0369. The average molecular weight is 858 g/mol. The summed E-state index contributed by atoms with van der Waals surface area (Å²) >= 11 is 0. The number of rotatable bonds is 25. The van der Waals surface area contributed by atoms with Crippen molar-refractivity contribution in [2.75, 3.05) is 0 Å². The van der Waals surface area contributed by atoms with E-state index < -0.39 is 41.1 Å². The molecule has 0 aliphatic carbocycles. The van der Waals surface area contributed by atoms with E-state index in [9.17, 15) is 33.9 Å². The molecule has 2 aliphatic rings. The molecule has 2 aliphatic heterocycles. The number of hydrogen-bond acceptors (Lipinski definition) is 10. The predicted molar refractivity (Wildman–Crippen MR) is 236 cm³/mol. The molecule has 13 heteroatoms. The third-order valence-corrected chi connectivity index (χ3v) is 11.9. The first-order valence-electron chi connectivity index (χ1n) is 23.0. The Balaban J connectivity index is 1.13. The van der Waals surface area contributed by atoms with Gasteiger partial charge in [0.15, 0.2) is 0 Å². The summed E-state index contributed by atoms with van der Waals surface area (Å²) in [5, 5.41) is 13.1. The summed E-state index contributed by atoms with van der Waals surface area (Å²) in [7, 11) is 0. The van der Waals surface area contributed by atoms with E-state index in [0.717, 1.165) is 35.8 Å². The molecule has 0 saturated carbocycles. The van der Waals surface area contributed by atoms with E-state index in [4.69, 9.17) is 19.2 Å². The second-order valence-corrected chi connectivity index (χ2v) is 18.0. The van der Waals surface area contributed by atoms with Gasteiger partial charge in [-0.25, -0.2) is 14.6 Å². The molecule has 62 heavy (non-hydrogen) atoms. The Morgan fingerprint density at radius 1 is 0.855 bits per heavy atom. The molecular formula is C49H67N3O10. The van der Waals surface area contributed by atoms with Crippen LogP contribution in [0.3, 0.4) is 0 Å². The van der Waals surface area contributed by atoms with Gasteiger partial charge in [-0.05, 0) is 69.9 Å². The molecule has 0 spiro atoms. The Morgan fingerprint density at radius 2 is 1.50 bits per heavy atom. The summed E-state index contributed by atoms with van der Waals surface area (Å²) in [6, 6.07) is 8.12. The average Bonchev–Trinajstić information content (AvgIpc) is 3.57. The van der Waals surface area contributed by atoms with E-state index in [1.165, 1.54) is 64.2 Å². The minimum absolute atomic E-state index is 0.00801. The van der Waals surface area contributed by atoms with E-state index in [-0.39, 0.29) is 67.9 Å². The number of amides is 1. The molecule has 0 fully saturated rings. The molecule has 2 N–H and O–H groups in total. The Labute approximate surface area is 365 Å². The molecule has 1 unspecified atom stereocenters. The van der Waals surface area contributed by atoms with Crippen LogP contribution in [0.25, 0.3) is 22.3 Å². The molecule has 0 bridgehead atoms. The first-order valence-corrected chi connectivity index (χ1v) is 23.0. The number of aromatic nitrogens is 2. The molecule has 3 aromatic rings. The number of fused-ring (bicyclic) bond motifs is 5. The van der Waals surface area contributed by atoms with Crippen molar-refractivity contribution < 1.29 is 43.3 Å². The monoisotopic (exact) mass is 857 g/mol. The van der Waals surface area contributed by atoms with Crippen LogP contribution in [0, 0.1) is 0 Å². The van der Waals surface area contributed by atoms with Crippen molar-refractivity contribution in [1.29, 1.82) is 0 Å². The second kappa shape index (κ2) is 22.3. The highest BCUT2D eigenvalue weighted by atomic mass is 16.6. The summed E-state index contributed by atoms with van der Waals surface area (Å²) in [4.78, 5) is 82.9. The molecular weight excluding hydrogens is 791 g/mol. The van der Waals surface area contributed by atoms with Gasteiger partial charge in [0, 0.05) is 29.4 Å². The van der Waals surface area contributed by atoms with Gasteiger partial charge >= 0.3 is 23.9 Å². The molecule has 1 aromatic carbocycles. The predicted octanol–water partition coefficient (Wildman–Crippen LogP) is 9.13. The van der Waals surface area contributed by atoms with E-state index >= 15 is 0 Å². The third kappa shape index (κ3) is 12.8. The molecule has 2 atom stereocenters. The van der Waals surface area contributed by atoms with Gasteiger partial charge in [0.1, 0.15) is 18.2 Å². The number of nitrogens with zero attached hydrogens (tertiary/aromatic N) is 2. The number of pyridine rings is 2. The first kappa shape index (κ1) is 48.0. The number of carboxylic acid groups (broad SMARTS) is 1. The summed E-state index contributed by atoms with van der Waals surface area (Å²) in [6.07, 6.45) is 16.9. The van der Waals surface area contributed by atoms with Crippen LogP contribution in [0.4, 0.5) is 0 Å². The smallest absolute Gasteiger partial charge is 0.355 e. The first-order chi connectivity index (χ1) is 29.7. The van der Waals surface area contributed by atoms with Crippen LogP contribution in [-0.2, 0) is 63.4 Å². The van der Waals surface area contributed by atoms with E-state index in [1.807, 2.05) is 45.0 Å². The van der Waals surface area contributed by atoms with Gasteiger partial charge in [-0.1, -0.05) is 110 Å². The van der Waals surface area contributed by atoms with E-state index in [2.05, 4.69) is 12.2 Å². The number of aliphatic carboxylic acids is 1. The van der Waals surface area contributed by atoms with Crippen molar-refractivity contribution in [2.24, 2.45) is 0 Å². The van der Waals surface area contributed by atoms with Gasteiger partial charge in [-0.15, -0.1) is 0 Å². The second-order valence-electron chi connectivity index (χ2n) is 18.0. The number of nitrogens with one attached hydrogen (secondary N) is 1. The lowest BCUT2D eigenvalue weighted by Gasteiger charge is -2.35. The number of carbonyl (C=O) groups is 5. The molecule has 4 heterocycles. The van der Waals surface area contributed by atoms with Gasteiger partial charge < -0.3 is 29.2 Å². The highest BCUT2D eigenvalue weighted by Crippen LogP contribution is 2.41. The number of cyclic esters (lactones) is 1. The molecule has 1 amide bonds. The summed E-state index contributed by atoms with van der Waals surface area (Å²) < 4.78 is 18.4. The number of carboxylic acids is 1. The summed E-state index contributed by atoms with van der Waals surface area (Å²) in [5.41, 5.74) is 0.806. The minimum atomic E-state index is -1.89. The van der Waals surface area contributed by atoms with Crippen LogP contribution < -0.4 is 10.9 Å². The number of unbranched alkanes of at least 4 members (excludes halogenated alkanes) is 13. The number of esters is 3. The van der Waals surface area contributed by atoms with Crippen LogP contribution in [0.5, 0.6) is 0 Å². The van der Waals surface area contributed by atoms with E-state index in [1.54, 1.807) is 17.6 Å². The number of ether oxygens (including phenoxy) is 3.